The molecule has 0 unspecified atom stereocenters. The number of hydrogen-bond donors (Lipinski definition) is 2. The molecule has 1 heterocycles. The molecule has 1 fully saturated rings. The maximum absolute atomic E-state index is 14.5. The van der Waals surface area contributed by atoms with Gasteiger partial charge in [-0.3, -0.25) is 9.59 Å². The van der Waals surface area contributed by atoms with Crippen LogP contribution in [0.4, 0.5) is 8.78 Å². The van der Waals surface area contributed by atoms with Crippen LogP contribution in [0.1, 0.15) is 28.8 Å². The molecular weight excluding hydrogens is 551 g/mol. The van der Waals surface area contributed by atoms with E-state index in [1.807, 2.05) is 12.1 Å². The highest BCUT2D eigenvalue weighted by molar-refractivity contribution is 7.99. The van der Waals surface area contributed by atoms with E-state index < -0.39 is 41.5 Å². The lowest BCUT2D eigenvalue weighted by Gasteiger charge is -2.33. The number of halogens is 4. The van der Waals surface area contributed by atoms with Crippen LogP contribution in [0.3, 0.4) is 0 Å². The monoisotopic (exact) mass is 573 g/mol. The highest BCUT2D eigenvalue weighted by Gasteiger charge is 2.37. The molecule has 0 saturated carbocycles. The number of carbonyl (C=O) groups excluding carboxylic acids is 2. The van der Waals surface area contributed by atoms with E-state index in [4.69, 9.17) is 23.2 Å². The Hall–Kier alpha value is -3.12. The summed E-state index contributed by atoms with van der Waals surface area (Å²) < 4.78 is 28.9. The smallest absolute Gasteiger partial charge is 0.253 e. The average molecular weight is 574 g/mol. The van der Waals surface area contributed by atoms with Crippen molar-refractivity contribution in [3.05, 3.63) is 93.5 Å². The third-order valence-electron chi connectivity index (χ3n) is 6.41. The summed E-state index contributed by atoms with van der Waals surface area (Å²) in [6, 6.07) is 16.1. The lowest BCUT2D eigenvalue weighted by molar-refractivity contribution is -0.124. The molecule has 196 valence electrons. The van der Waals surface area contributed by atoms with Gasteiger partial charge < -0.3 is 10.6 Å². The first-order valence-electron chi connectivity index (χ1n) is 11.8. The summed E-state index contributed by atoms with van der Waals surface area (Å²) in [7, 11) is 0. The van der Waals surface area contributed by atoms with Crippen LogP contribution in [-0.4, -0.2) is 34.9 Å². The van der Waals surface area contributed by atoms with Crippen molar-refractivity contribution in [2.75, 3.05) is 11.5 Å². The molecule has 0 aliphatic carbocycles. The fourth-order valence-corrected chi connectivity index (χ4v) is 5.95. The summed E-state index contributed by atoms with van der Waals surface area (Å²) in [5, 5.41) is 15.7. The van der Waals surface area contributed by atoms with Gasteiger partial charge in [-0.15, -0.1) is 0 Å². The average Bonchev–Trinajstić information content (AvgIpc) is 2.90. The van der Waals surface area contributed by atoms with E-state index in [0.717, 1.165) is 17.7 Å². The highest BCUT2D eigenvalue weighted by Crippen LogP contribution is 2.31. The van der Waals surface area contributed by atoms with Gasteiger partial charge in [-0.25, -0.2) is 8.78 Å². The van der Waals surface area contributed by atoms with Crippen molar-refractivity contribution in [3.8, 4) is 17.2 Å². The molecule has 1 aliphatic rings. The van der Waals surface area contributed by atoms with Gasteiger partial charge in [0.1, 0.15) is 23.2 Å². The number of hydrogen-bond acceptors (Lipinski definition) is 4. The van der Waals surface area contributed by atoms with Gasteiger partial charge in [0.05, 0.1) is 16.7 Å². The van der Waals surface area contributed by atoms with Gasteiger partial charge in [-0.2, -0.15) is 17.0 Å². The Balaban J connectivity index is 1.61. The first kappa shape index (κ1) is 27.9. The number of benzene rings is 3. The van der Waals surface area contributed by atoms with Crippen molar-refractivity contribution < 1.29 is 18.4 Å². The molecule has 3 aromatic carbocycles. The molecule has 0 bridgehead atoms. The van der Waals surface area contributed by atoms with Crippen molar-refractivity contribution in [2.24, 2.45) is 0 Å². The number of nitrogens with zero attached hydrogens (tertiary/aromatic N) is 1. The van der Waals surface area contributed by atoms with Gasteiger partial charge in [-0.05, 0) is 60.2 Å². The van der Waals surface area contributed by atoms with Crippen LogP contribution in [0.25, 0.3) is 11.1 Å². The number of amides is 2. The third-order valence-corrected chi connectivity index (χ3v) is 8.04. The van der Waals surface area contributed by atoms with Crippen LogP contribution in [0, 0.1) is 23.0 Å². The molecule has 2 N–H and O–H groups in total. The van der Waals surface area contributed by atoms with Gasteiger partial charge in [0.25, 0.3) is 5.91 Å². The summed E-state index contributed by atoms with van der Waals surface area (Å²) in [5.41, 5.74) is 0.0123. The summed E-state index contributed by atoms with van der Waals surface area (Å²) in [6.07, 6.45) is 0.385. The lowest BCUT2D eigenvalue weighted by Crippen LogP contribution is -2.57. The molecule has 38 heavy (non-hydrogen) atoms. The Bertz CT molecular complexity index is 1390. The Morgan fingerprint density at radius 2 is 1.68 bits per heavy atom. The minimum Gasteiger partial charge on any atom is -0.340 e. The van der Waals surface area contributed by atoms with Gasteiger partial charge in [0.2, 0.25) is 5.91 Å². The minimum absolute atomic E-state index is 0.0679. The second-order valence-electron chi connectivity index (χ2n) is 8.90. The predicted octanol–water partition coefficient (Wildman–Crippen LogP) is 6.19. The molecule has 2 amide bonds. The largest absolute Gasteiger partial charge is 0.340 e. The van der Waals surface area contributed by atoms with Crippen LogP contribution >= 0.6 is 35.0 Å². The molecule has 5 nitrogen and oxygen atoms in total. The highest BCUT2D eigenvalue weighted by atomic mass is 35.5. The summed E-state index contributed by atoms with van der Waals surface area (Å²) >= 11 is 14.4. The van der Waals surface area contributed by atoms with Crippen molar-refractivity contribution in [3.63, 3.8) is 0 Å². The molecule has 3 aromatic rings. The van der Waals surface area contributed by atoms with Crippen LogP contribution < -0.4 is 10.6 Å². The summed E-state index contributed by atoms with van der Waals surface area (Å²) in [5.74, 6) is -1.74. The molecule has 10 heteroatoms. The molecule has 1 aliphatic heterocycles. The zero-order valence-corrected chi connectivity index (χ0v) is 22.4. The molecule has 0 radical (unpaired) electrons. The van der Waals surface area contributed by atoms with E-state index in [-0.39, 0.29) is 16.1 Å². The fraction of sp³-hybridized carbons (Fsp3) is 0.250. The summed E-state index contributed by atoms with van der Waals surface area (Å²) in [6.45, 7) is 0. The molecule has 0 spiro atoms. The van der Waals surface area contributed by atoms with Crippen molar-refractivity contribution >= 4 is 46.8 Å². The Morgan fingerprint density at radius 3 is 2.32 bits per heavy atom. The SMILES string of the molecule is N#CC1(NC(=O)[C@H](Cc2c(F)cccc2F)NC(=O)c2ccc(-c3ccccc3Cl)cc2Cl)CCSCC1. The molecule has 0 aromatic heterocycles. The van der Waals surface area contributed by atoms with Crippen LogP contribution in [-0.2, 0) is 11.2 Å². The molecular formula is C28H23Cl2F2N3O2S. The van der Waals surface area contributed by atoms with Gasteiger partial charge in [0.15, 0.2) is 0 Å². The van der Waals surface area contributed by atoms with Crippen LogP contribution in [0.5, 0.6) is 0 Å². The molecule has 1 atom stereocenters. The Labute approximate surface area is 233 Å². The lowest BCUT2D eigenvalue weighted by atomic mass is 9.93. The van der Waals surface area contributed by atoms with Gasteiger partial charge >= 0.3 is 0 Å². The van der Waals surface area contributed by atoms with Gasteiger partial charge in [0, 0.05) is 22.6 Å². The second-order valence-corrected chi connectivity index (χ2v) is 10.9. The summed E-state index contributed by atoms with van der Waals surface area (Å²) in [4.78, 5) is 26.6. The number of thioether (sulfide) groups is 1. The van der Waals surface area contributed by atoms with E-state index in [1.165, 1.54) is 12.1 Å². The number of carbonyl (C=O) groups is 2. The van der Waals surface area contributed by atoms with Crippen LogP contribution in [0.15, 0.2) is 60.7 Å². The Kier molecular flexibility index (Phi) is 8.93. The van der Waals surface area contributed by atoms with E-state index in [2.05, 4.69) is 16.7 Å². The zero-order chi connectivity index (χ0) is 27.3. The maximum atomic E-state index is 14.5. The number of nitriles is 1. The Morgan fingerprint density at radius 1 is 1.00 bits per heavy atom. The third kappa shape index (κ3) is 6.29. The van der Waals surface area contributed by atoms with Crippen molar-refractivity contribution in [1.82, 2.24) is 10.6 Å². The predicted molar refractivity (Wildman–Crippen MR) is 146 cm³/mol. The second kappa shape index (κ2) is 12.2. The van der Waals surface area contributed by atoms with E-state index in [1.54, 1.807) is 36.0 Å². The standard InChI is InChI=1S/C28H23Cl2F2N3O2S/c29-21-5-2-1-4-18(21)17-8-9-19(22(30)14-17)26(36)34-25(15-20-23(31)6-3-7-24(20)32)27(37)35-28(16-33)10-12-38-13-11-28/h1-9,14,25H,10-13,15H2,(H,34,36)(H,35,37)/t25-/m0/s1. The van der Waals surface area contributed by atoms with Gasteiger partial charge in [-0.1, -0.05) is 53.5 Å². The number of nitrogens with one attached hydrogen (secondary N) is 2. The van der Waals surface area contributed by atoms with Crippen molar-refractivity contribution in [1.29, 1.82) is 5.26 Å². The van der Waals surface area contributed by atoms with E-state index in [9.17, 15) is 23.6 Å². The fourth-order valence-electron chi connectivity index (χ4n) is 4.25. The molecule has 4 rings (SSSR count). The zero-order valence-electron chi connectivity index (χ0n) is 20.1. The van der Waals surface area contributed by atoms with Crippen molar-refractivity contribution in [2.45, 2.75) is 30.8 Å². The molecule has 1 saturated heterocycles. The normalized spacial score (nSPS) is 15.2. The maximum Gasteiger partial charge on any atom is 0.253 e. The number of rotatable bonds is 7. The topological polar surface area (TPSA) is 82.0 Å². The van der Waals surface area contributed by atoms with E-state index in [0.29, 0.717) is 34.9 Å². The quantitative estimate of drug-likeness (QED) is 0.353. The van der Waals surface area contributed by atoms with Crippen LogP contribution in [0.2, 0.25) is 10.0 Å². The minimum atomic E-state index is -1.37. The first-order valence-corrected chi connectivity index (χ1v) is 13.7. The first-order chi connectivity index (χ1) is 18.2. The van der Waals surface area contributed by atoms with E-state index >= 15 is 0 Å².